The number of rotatable bonds is 9. The van der Waals surface area contributed by atoms with Crippen molar-refractivity contribution in [1.82, 2.24) is 5.32 Å². The van der Waals surface area contributed by atoms with Gasteiger partial charge < -0.3 is 14.8 Å². The first-order valence-corrected chi connectivity index (χ1v) is 5.67. The van der Waals surface area contributed by atoms with Gasteiger partial charge in [0.05, 0.1) is 25.7 Å². The molecular formula is C12H23NO3. The fourth-order valence-electron chi connectivity index (χ4n) is 1.08. The molecule has 0 aliphatic rings. The van der Waals surface area contributed by atoms with Gasteiger partial charge in [0.2, 0.25) is 0 Å². The molecule has 4 nitrogen and oxygen atoms in total. The van der Waals surface area contributed by atoms with Crippen LogP contribution in [-0.4, -0.2) is 38.9 Å². The zero-order valence-electron chi connectivity index (χ0n) is 10.5. The summed E-state index contributed by atoms with van der Waals surface area (Å²) in [7, 11) is 0. The van der Waals surface area contributed by atoms with Gasteiger partial charge in [0.15, 0.2) is 0 Å². The van der Waals surface area contributed by atoms with Gasteiger partial charge in [-0.15, -0.1) is 0 Å². The van der Waals surface area contributed by atoms with Crippen molar-refractivity contribution < 1.29 is 14.3 Å². The van der Waals surface area contributed by atoms with E-state index in [4.69, 9.17) is 9.47 Å². The second-order valence-electron chi connectivity index (χ2n) is 3.87. The van der Waals surface area contributed by atoms with Gasteiger partial charge >= 0.3 is 5.97 Å². The molecule has 0 radical (unpaired) electrons. The molecule has 94 valence electrons. The minimum absolute atomic E-state index is 0.110. The third kappa shape index (κ3) is 8.44. The maximum Gasteiger partial charge on any atom is 0.309 e. The van der Waals surface area contributed by atoms with Crippen LogP contribution >= 0.6 is 0 Å². The predicted molar refractivity (Wildman–Crippen MR) is 64.3 cm³/mol. The van der Waals surface area contributed by atoms with Crippen LogP contribution in [0.2, 0.25) is 0 Å². The molecule has 0 bridgehead atoms. The molecule has 1 atom stereocenters. The molecule has 1 unspecified atom stereocenters. The molecule has 4 heteroatoms. The Morgan fingerprint density at radius 1 is 1.50 bits per heavy atom. The highest BCUT2D eigenvalue weighted by atomic mass is 16.5. The zero-order valence-corrected chi connectivity index (χ0v) is 10.5. The molecular weight excluding hydrogens is 206 g/mol. The van der Waals surface area contributed by atoms with Crippen molar-refractivity contribution in [3.63, 3.8) is 0 Å². The van der Waals surface area contributed by atoms with Gasteiger partial charge in [0, 0.05) is 13.1 Å². The highest BCUT2D eigenvalue weighted by molar-refractivity contribution is 5.72. The van der Waals surface area contributed by atoms with E-state index in [0.717, 1.165) is 12.1 Å². The molecule has 0 rings (SSSR count). The summed E-state index contributed by atoms with van der Waals surface area (Å²) in [5, 5.41) is 3.14. The van der Waals surface area contributed by atoms with Crippen LogP contribution in [0.1, 0.15) is 20.8 Å². The third-order valence-electron chi connectivity index (χ3n) is 1.91. The molecule has 0 spiro atoms. The van der Waals surface area contributed by atoms with Crippen molar-refractivity contribution in [2.24, 2.45) is 5.92 Å². The number of ether oxygens (including phenoxy) is 2. The van der Waals surface area contributed by atoms with Crippen LogP contribution in [0, 0.1) is 5.92 Å². The van der Waals surface area contributed by atoms with Crippen LogP contribution in [0.25, 0.3) is 0 Å². The molecule has 0 saturated carbocycles. The van der Waals surface area contributed by atoms with E-state index in [9.17, 15) is 4.79 Å². The largest absolute Gasteiger partial charge is 0.466 e. The lowest BCUT2D eigenvalue weighted by atomic mass is 10.2. The summed E-state index contributed by atoms with van der Waals surface area (Å²) in [4.78, 5) is 11.2. The molecule has 16 heavy (non-hydrogen) atoms. The fourth-order valence-corrected chi connectivity index (χ4v) is 1.08. The van der Waals surface area contributed by atoms with E-state index >= 15 is 0 Å². The Morgan fingerprint density at radius 3 is 2.75 bits per heavy atom. The van der Waals surface area contributed by atoms with Crippen molar-refractivity contribution in [2.45, 2.75) is 20.8 Å². The van der Waals surface area contributed by atoms with Crippen molar-refractivity contribution in [1.29, 1.82) is 0 Å². The molecule has 0 aromatic heterocycles. The van der Waals surface area contributed by atoms with Crippen LogP contribution in [-0.2, 0) is 14.3 Å². The van der Waals surface area contributed by atoms with Gasteiger partial charge in [0.25, 0.3) is 0 Å². The molecule has 0 aromatic rings. The van der Waals surface area contributed by atoms with Gasteiger partial charge in [-0.25, -0.2) is 0 Å². The molecule has 0 heterocycles. The lowest BCUT2D eigenvalue weighted by molar-refractivity contribution is -0.147. The fraction of sp³-hybridized carbons (Fsp3) is 0.750. The topological polar surface area (TPSA) is 47.6 Å². The average molecular weight is 229 g/mol. The Kier molecular flexibility index (Phi) is 8.85. The lowest BCUT2D eigenvalue weighted by Crippen LogP contribution is -2.30. The first-order valence-electron chi connectivity index (χ1n) is 5.67. The third-order valence-corrected chi connectivity index (χ3v) is 1.91. The molecule has 1 N–H and O–H groups in total. The second-order valence-corrected chi connectivity index (χ2v) is 3.87. The lowest BCUT2D eigenvalue weighted by Gasteiger charge is -2.11. The van der Waals surface area contributed by atoms with Gasteiger partial charge in [-0.05, 0) is 13.8 Å². The zero-order chi connectivity index (χ0) is 12.4. The summed E-state index contributed by atoms with van der Waals surface area (Å²) in [5.41, 5.74) is 1.01. The predicted octanol–water partition coefficient (Wildman–Crippen LogP) is 1.37. The molecule has 0 aromatic carbocycles. The first-order chi connectivity index (χ1) is 7.57. The number of esters is 1. The molecule has 0 aliphatic heterocycles. The number of carbonyl (C=O) groups is 1. The average Bonchev–Trinajstić information content (AvgIpc) is 2.22. The van der Waals surface area contributed by atoms with Crippen molar-refractivity contribution in [3.05, 3.63) is 12.2 Å². The van der Waals surface area contributed by atoms with Crippen LogP contribution in [0.4, 0.5) is 0 Å². The highest BCUT2D eigenvalue weighted by Gasteiger charge is 2.12. The summed E-state index contributed by atoms with van der Waals surface area (Å²) >= 11 is 0. The summed E-state index contributed by atoms with van der Waals surface area (Å²) in [5.74, 6) is -0.265. The number of carbonyl (C=O) groups excluding carboxylic acids is 1. The number of hydrogen-bond acceptors (Lipinski definition) is 4. The SMILES string of the molecule is C=C(C)COCCNCC(C)C(=O)OCC. The van der Waals surface area contributed by atoms with E-state index < -0.39 is 0 Å². The second kappa shape index (κ2) is 9.36. The van der Waals surface area contributed by atoms with Crippen LogP contribution < -0.4 is 5.32 Å². The minimum atomic E-state index is -0.155. The van der Waals surface area contributed by atoms with Gasteiger partial charge in [0.1, 0.15) is 0 Å². The Hall–Kier alpha value is -0.870. The van der Waals surface area contributed by atoms with Crippen LogP contribution in [0.3, 0.4) is 0 Å². The smallest absolute Gasteiger partial charge is 0.309 e. The summed E-state index contributed by atoms with van der Waals surface area (Å²) < 4.78 is 10.2. The van der Waals surface area contributed by atoms with E-state index in [1.165, 1.54) is 0 Å². The minimum Gasteiger partial charge on any atom is -0.466 e. The maximum absolute atomic E-state index is 11.2. The van der Waals surface area contributed by atoms with Crippen molar-refractivity contribution >= 4 is 5.97 Å². The van der Waals surface area contributed by atoms with E-state index in [0.29, 0.717) is 26.4 Å². The normalized spacial score (nSPS) is 12.2. The quantitative estimate of drug-likeness (QED) is 0.368. The van der Waals surface area contributed by atoms with E-state index in [1.54, 1.807) is 0 Å². The Labute approximate surface area is 98.0 Å². The van der Waals surface area contributed by atoms with Crippen molar-refractivity contribution in [2.75, 3.05) is 32.9 Å². The maximum atomic E-state index is 11.2. The Balaban J connectivity index is 3.37. The van der Waals surface area contributed by atoms with Crippen LogP contribution in [0.5, 0.6) is 0 Å². The molecule has 0 saturated heterocycles. The summed E-state index contributed by atoms with van der Waals surface area (Å²) in [6, 6.07) is 0. The van der Waals surface area contributed by atoms with Gasteiger partial charge in [-0.3, -0.25) is 4.79 Å². The van der Waals surface area contributed by atoms with Crippen molar-refractivity contribution in [3.8, 4) is 0 Å². The number of nitrogens with one attached hydrogen (secondary N) is 1. The van der Waals surface area contributed by atoms with E-state index in [-0.39, 0.29) is 11.9 Å². The molecule has 0 fully saturated rings. The van der Waals surface area contributed by atoms with Crippen LogP contribution in [0.15, 0.2) is 12.2 Å². The van der Waals surface area contributed by atoms with Gasteiger partial charge in [-0.2, -0.15) is 0 Å². The summed E-state index contributed by atoms with van der Waals surface area (Å²) in [6.07, 6.45) is 0. The first kappa shape index (κ1) is 15.1. The highest BCUT2D eigenvalue weighted by Crippen LogP contribution is 1.96. The van der Waals surface area contributed by atoms with Gasteiger partial charge in [-0.1, -0.05) is 19.1 Å². The standard InChI is InChI=1S/C12H23NO3/c1-5-16-12(14)11(4)8-13-6-7-15-9-10(2)3/h11,13H,2,5-9H2,1,3-4H3. The Morgan fingerprint density at radius 2 is 2.19 bits per heavy atom. The van der Waals surface area contributed by atoms with E-state index in [2.05, 4.69) is 11.9 Å². The van der Waals surface area contributed by atoms with E-state index in [1.807, 2.05) is 20.8 Å². The molecule has 0 amide bonds. The molecule has 0 aliphatic carbocycles. The monoisotopic (exact) mass is 229 g/mol. The number of hydrogen-bond donors (Lipinski definition) is 1. The summed E-state index contributed by atoms with van der Waals surface area (Å²) in [6.45, 7) is 12.3. The Bertz CT molecular complexity index is 216.